The maximum absolute atomic E-state index is 11.6. The van der Waals surface area contributed by atoms with Crippen LogP contribution >= 0.6 is 0 Å². The molecule has 6 heteroatoms. The highest BCUT2D eigenvalue weighted by molar-refractivity contribution is 5.93. The van der Waals surface area contributed by atoms with Crippen molar-refractivity contribution in [2.75, 3.05) is 39.8 Å². The number of amides is 1. The number of rotatable bonds is 7. The second-order valence-electron chi connectivity index (χ2n) is 6.30. The molecule has 0 saturated carbocycles. The van der Waals surface area contributed by atoms with Gasteiger partial charge in [0.2, 0.25) is 0 Å². The lowest BCUT2D eigenvalue weighted by Crippen LogP contribution is -2.42. The molecule has 138 valence electrons. The van der Waals surface area contributed by atoms with Crippen molar-refractivity contribution in [3.63, 3.8) is 0 Å². The molecule has 0 aliphatic carbocycles. The van der Waals surface area contributed by atoms with Crippen LogP contribution in [0.1, 0.15) is 42.1 Å². The molecule has 1 aliphatic heterocycles. The van der Waals surface area contributed by atoms with Crippen LogP contribution in [0.3, 0.4) is 0 Å². The van der Waals surface area contributed by atoms with E-state index >= 15 is 0 Å². The van der Waals surface area contributed by atoms with E-state index in [4.69, 9.17) is 0 Å². The van der Waals surface area contributed by atoms with Gasteiger partial charge in [-0.2, -0.15) is 0 Å². The van der Waals surface area contributed by atoms with Crippen LogP contribution in [-0.2, 0) is 6.54 Å². The zero-order chi connectivity index (χ0) is 17.9. The smallest absolute Gasteiger partial charge is 0.251 e. The summed E-state index contributed by atoms with van der Waals surface area (Å²) in [6.45, 7) is 7.89. The molecule has 0 bridgehead atoms. The molecule has 1 fully saturated rings. The molecule has 25 heavy (non-hydrogen) atoms. The molecular formula is C19H31N5O. The molecule has 0 spiro atoms. The van der Waals surface area contributed by atoms with Crippen molar-refractivity contribution < 1.29 is 4.79 Å². The number of benzene rings is 1. The Morgan fingerprint density at radius 3 is 2.48 bits per heavy atom. The number of carbonyl (C=O) groups excluding carboxylic acids is 1. The average molecular weight is 345 g/mol. The molecule has 0 atom stereocenters. The van der Waals surface area contributed by atoms with Gasteiger partial charge in [-0.05, 0) is 50.6 Å². The van der Waals surface area contributed by atoms with Crippen LogP contribution in [-0.4, -0.2) is 56.5 Å². The molecule has 0 aromatic heterocycles. The normalized spacial score (nSPS) is 15.7. The molecule has 0 unspecified atom stereocenters. The Labute approximate surface area is 151 Å². The Morgan fingerprint density at radius 1 is 1.12 bits per heavy atom. The largest absolute Gasteiger partial charge is 0.357 e. The number of piperidine rings is 1. The van der Waals surface area contributed by atoms with E-state index in [9.17, 15) is 4.79 Å². The van der Waals surface area contributed by atoms with Gasteiger partial charge in [-0.25, -0.2) is 4.99 Å². The molecule has 6 nitrogen and oxygen atoms in total. The van der Waals surface area contributed by atoms with Gasteiger partial charge in [0.1, 0.15) is 0 Å². The summed E-state index contributed by atoms with van der Waals surface area (Å²) in [6.07, 6.45) is 4.01. The molecule has 1 heterocycles. The Balaban J connectivity index is 1.82. The maximum atomic E-state index is 11.6. The molecule has 1 aromatic rings. The number of hydrogen-bond acceptors (Lipinski definition) is 3. The fourth-order valence-corrected chi connectivity index (χ4v) is 2.93. The Bertz CT molecular complexity index is 549. The topological polar surface area (TPSA) is 68.8 Å². The van der Waals surface area contributed by atoms with Crippen molar-refractivity contribution in [1.82, 2.24) is 20.9 Å². The number of carbonyl (C=O) groups is 1. The van der Waals surface area contributed by atoms with E-state index in [2.05, 4.69) is 32.8 Å². The predicted molar refractivity (Wildman–Crippen MR) is 103 cm³/mol. The minimum atomic E-state index is -0.0669. The van der Waals surface area contributed by atoms with E-state index in [1.54, 1.807) is 7.05 Å². The van der Waals surface area contributed by atoms with Crippen LogP contribution in [0.4, 0.5) is 0 Å². The fourth-order valence-electron chi connectivity index (χ4n) is 2.93. The van der Waals surface area contributed by atoms with Crippen molar-refractivity contribution in [3.05, 3.63) is 35.4 Å². The third-order valence-corrected chi connectivity index (χ3v) is 4.38. The first-order valence-electron chi connectivity index (χ1n) is 9.28. The summed E-state index contributed by atoms with van der Waals surface area (Å²) in [5, 5.41) is 9.32. The summed E-state index contributed by atoms with van der Waals surface area (Å²) >= 11 is 0. The standard InChI is InChI=1S/C19H31N5O/c1-3-21-19(22-11-14-24-12-5-4-6-13-24)23-15-16-7-9-17(10-8-16)18(25)20-2/h7-10H,3-6,11-15H2,1-2H3,(H,20,25)(H2,21,22,23). The monoisotopic (exact) mass is 345 g/mol. The van der Waals surface area contributed by atoms with Crippen LogP contribution in [0.5, 0.6) is 0 Å². The first-order valence-corrected chi connectivity index (χ1v) is 9.28. The lowest BCUT2D eigenvalue weighted by atomic mass is 10.1. The number of guanidine groups is 1. The maximum Gasteiger partial charge on any atom is 0.251 e. The van der Waals surface area contributed by atoms with Crippen molar-refractivity contribution in [2.45, 2.75) is 32.7 Å². The fraction of sp³-hybridized carbons (Fsp3) is 0.579. The van der Waals surface area contributed by atoms with Crippen LogP contribution in [0.15, 0.2) is 29.3 Å². The number of nitrogens with one attached hydrogen (secondary N) is 3. The minimum absolute atomic E-state index is 0.0669. The van der Waals surface area contributed by atoms with E-state index in [0.717, 1.165) is 31.2 Å². The lowest BCUT2D eigenvalue weighted by molar-refractivity contribution is 0.0963. The summed E-state index contributed by atoms with van der Waals surface area (Å²) in [7, 11) is 1.64. The Morgan fingerprint density at radius 2 is 1.84 bits per heavy atom. The molecule has 2 rings (SSSR count). The summed E-state index contributed by atoms with van der Waals surface area (Å²) in [5.41, 5.74) is 1.75. The quantitative estimate of drug-likeness (QED) is 0.518. The van der Waals surface area contributed by atoms with Crippen molar-refractivity contribution in [1.29, 1.82) is 0 Å². The first kappa shape index (κ1) is 19.2. The predicted octanol–water partition coefficient (Wildman–Crippen LogP) is 1.59. The van der Waals surface area contributed by atoms with Crippen LogP contribution in [0, 0.1) is 0 Å². The van der Waals surface area contributed by atoms with E-state index < -0.39 is 0 Å². The molecule has 1 aromatic carbocycles. The highest BCUT2D eigenvalue weighted by Gasteiger charge is 2.09. The van der Waals surface area contributed by atoms with Gasteiger partial charge in [0.15, 0.2) is 5.96 Å². The summed E-state index contributed by atoms with van der Waals surface area (Å²) in [5.74, 6) is 0.776. The molecule has 1 aliphatic rings. The third kappa shape index (κ3) is 6.74. The lowest BCUT2D eigenvalue weighted by Gasteiger charge is -2.26. The number of hydrogen-bond donors (Lipinski definition) is 3. The highest BCUT2D eigenvalue weighted by Crippen LogP contribution is 2.07. The first-order chi connectivity index (χ1) is 12.2. The summed E-state index contributed by atoms with van der Waals surface area (Å²) in [6, 6.07) is 7.57. The number of nitrogens with zero attached hydrogens (tertiary/aromatic N) is 2. The van der Waals surface area contributed by atoms with Crippen molar-refractivity contribution in [2.24, 2.45) is 4.99 Å². The molecular weight excluding hydrogens is 314 g/mol. The Kier molecular flexibility index (Phi) is 8.25. The van der Waals surface area contributed by atoms with Crippen LogP contribution in [0.25, 0.3) is 0 Å². The molecule has 1 amide bonds. The second kappa shape index (κ2) is 10.7. The average Bonchev–Trinajstić information content (AvgIpc) is 2.66. The third-order valence-electron chi connectivity index (χ3n) is 4.38. The SMILES string of the molecule is CCNC(=NCc1ccc(C(=O)NC)cc1)NCCN1CCCCC1. The van der Waals surface area contributed by atoms with Crippen LogP contribution < -0.4 is 16.0 Å². The second-order valence-corrected chi connectivity index (χ2v) is 6.30. The molecule has 1 saturated heterocycles. The molecule has 3 N–H and O–H groups in total. The minimum Gasteiger partial charge on any atom is -0.357 e. The van der Waals surface area contributed by atoms with Gasteiger partial charge >= 0.3 is 0 Å². The van der Waals surface area contributed by atoms with Crippen LogP contribution in [0.2, 0.25) is 0 Å². The van der Waals surface area contributed by atoms with Gasteiger partial charge in [-0.3, -0.25) is 4.79 Å². The van der Waals surface area contributed by atoms with Gasteiger partial charge in [0.25, 0.3) is 5.91 Å². The number of aliphatic imine (C=N–C) groups is 1. The van der Waals surface area contributed by atoms with Gasteiger partial charge in [-0.15, -0.1) is 0 Å². The number of likely N-dealkylation sites (tertiary alicyclic amines) is 1. The zero-order valence-corrected chi connectivity index (χ0v) is 15.5. The van der Waals surface area contributed by atoms with Crippen molar-refractivity contribution >= 4 is 11.9 Å². The summed E-state index contributed by atoms with van der Waals surface area (Å²) < 4.78 is 0. The van der Waals surface area contributed by atoms with Gasteiger partial charge < -0.3 is 20.9 Å². The Hall–Kier alpha value is -2.08. The van der Waals surface area contributed by atoms with Gasteiger partial charge in [0, 0.05) is 32.2 Å². The van der Waals surface area contributed by atoms with Crippen molar-refractivity contribution in [3.8, 4) is 0 Å². The molecule has 0 radical (unpaired) electrons. The van der Waals surface area contributed by atoms with E-state index in [1.807, 2.05) is 24.3 Å². The summed E-state index contributed by atoms with van der Waals surface area (Å²) in [4.78, 5) is 18.7. The zero-order valence-electron chi connectivity index (χ0n) is 15.5. The van der Waals surface area contributed by atoms with E-state index in [1.165, 1.54) is 32.4 Å². The van der Waals surface area contributed by atoms with Gasteiger partial charge in [0.05, 0.1) is 6.54 Å². The van der Waals surface area contributed by atoms with E-state index in [0.29, 0.717) is 12.1 Å². The highest BCUT2D eigenvalue weighted by atomic mass is 16.1. The van der Waals surface area contributed by atoms with Gasteiger partial charge in [-0.1, -0.05) is 18.6 Å². The van der Waals surface area contributed by atoms with E-state index in [-0.39, 0.29) is 5.91 Å².